The highest BCUT2D eigenvalue weighted by atomic mass is 35.5. The van der Waals surface area contributed by atoms with Crippen molar-refractivity contribution in [2.75, 3.05) is 29.5 Å². The Labute approximate surface area is 167 Å². The first-order valence-corrected chi connectivity index (χ1v) is 11.6. The lowest BCUT2D eigenvalue weighted by Gasteiger charge is -2.41. The van der Waals surface area contributed by atoms with Crippen LogP contribution in [0.1, 0.15) is 5.56 Å². The molecule has 1 fully saturated rings. The molecule has 0 amide bonds. The van der Waals surface area contributed by atoms with Gasteiger partial charge < -0.3 is 4.90 Å². The van der Waals surface area contributed by atoms with Crippen LogP contribution in [0.2, 0.25) is 5.28 Å². The van der Waals surface area contributed by atoms with Gasteiger partial charge in [-0.3, -0.25) is 9.11 Å². The highest BCUT2D eigenvalue weighted by Gasteiger charge is 2.26. The summed E-state index contributed by atoms with van der Waals surface area (Å²) in [5, 5.41) is 0.877. The van der Waals surface area contributed by atoms with Gasteiger partial charge in [0.1, 0.15) is 22.4 Å². The summed E-state index contributed by atoms with van der Waals surface area (Å²) in [6.07, 6.45) is 1.51. The Morgan fingerprint density at radius 2 is 1.78 bits per heavy atom. The molecule has 2 N–H and O–H groups in total. The number of anilines is 1. The summed E-state index contributed by atoms with van der Waals surface area (Å²) < 4.78 is 19.7. The third-order valence-corrected chi connectivity index (χ3v) is 7.19. The average molecular weight is 424 g/mol. The van der Waals surface area contributed by atoms with Crippen LogP contribution < -0.4 is 4.90 Å². The molecular weight excluding hydrogens is 406 g/mol. The van der Waals surface area contributed by atoms with Crippen LogP contribution in [0.5, 0.6) is 0 Å². The normalized spacial score (nSPS) is 17.8. The topological polar surface area (TPSA) is 95.3 Å². The third kappa shape index (κ3) is 4.27. The van der Waals surface area contributed by atoms with E-state index in [1.807, 2.05) is 23.1 Å². The van der Waals surface area contributed by atoms with Gasteiger partial charge in [0.2, 0.25) is 5.28 Å². The van der Waals surface area contributed by atoms with Crippen molar-refractivity contribution in [1.29, 1.82) is 0 Å². The molecule has 0 atom stereocenters. The van der Waals surface area contributed by atoms with Gasteiger partial charge in [-0.1, -0.05) is 42.1 Å². The van der Waals surface area contributed by atoms with E-state index in [9.17, 15) is 9.11 Å². The van der Waals surface area contributed by atoms with Crippen LogP contribution in [-0.2, 0) is 5.75 Å². The van der Waals surface area contributed by atoms with Crippen LogP contribution in [0.25, 0.3) is 11.0 Å². The summed E-state index contributed by atoms with van der Waals surface area (Å²) >= 11 is 7.75. The lowest BCUT2D eigenvalue weighted by atomic mass is 10.2. The molecule has 0 radical (unpaired) electrons. The van der Waals surface area contributed by atoms with Gasteiger partial charge in [-0.25, -0.2) is 15.0 Å². The summed E-state index contributed by atoms with van der Waals surface area (Å²) in [7, 11) is -2.49. The second-order valence-electron chi connectivity index (χ2n) is 6.16. The van der Waals surface area contributed by atoms with Crippen LogP contribution in [0.4, 0.5) is 5.82 Å². The Hall–Kier alpha value is -1.65. The number of fused-ring (bicyclic) bond motifs is 1. The van der Waals surface area contributed by atoms with Crippen LogP contribution >= 0.6 is 34.0 Å². The predicted octanol–water partition coefficient (Wildman–Crippen LogP) is 3.94. The lowest BCUT2D eigenvalue weighted by molar-refractivity contribution is 0.479. The minimum Gasteiger partial charge on any atom is -0.352 e. The molecule has 3 heterocycles. The summed E-state index contributed by atoms with van der Waals surface area (Å²) in [5.74, 6) is 2.01. The zero-order valence-electron chi connectivity index (χ0n) is 14.3. The van der Waals surface area contributed by atoms with Crippen molar-refractivity contribution in [2.45, 2.75) is 10.8 Å². The monoisotopic (exact) mass is 423 g/mol. The molecule has 1 saturated heterocycles. The maximum absolute atomic E-state index is 9.85. The summed E-state index contributed by atoms with van der Waals surface area (Å²) in [5.41, 5.74) is 2.44. The van der Waals surface area contributed by atoms with Crippen LogP contribution in [-0.4, -0.2) is 53.6 Å². The molecule has 4 rings (SSSR count). The smallest absolute Gasteiger partial charge is 0.225 e. The van der Waals surface area contributed by atoms with Gasteiger partial charge in [-0.15, -0.1) is 0 Å². The number of benzene rings is 1. The molecule has 7 nitrogen and oxygen atoms in total. The van der Waals surface area contributed by atoms with E-state index in [-0.39, 0.29) is 5.28 Å². The van der Waals surface area contributed by atoms with Gasteiger partial charge in [0.05, 0.1) is 11.5 Å². The van der Waals surface area contributed by atoms with Crippen molar-refractivity contribution in [3.8, 4) is 0 Å². The number of hydrogen-bond donors (Lipinski definition) is 2. The van der Waals surface area contributed by atoms with Crippen molar-refractivity contribution in [3.05, 3.63) is 47.5 Å². The zero-order chi connectivity index (χ0) is 18.9. The number of rotatable bonds is 4. The number of hydrogen-bond acceptors (Lipinski definition) is 8. The number of halogens is 1. The summed E-state index contributed by atoms with van der Waals surface area (Å²) in [6.45, 7) is 0.975. The number of thioether (sulfide) groups is 1. The summed E-state index contributed by atoms with van der Waals surface area (Å²) in [6, 6.07) is 10.1. The largest absolute Gasteiger partial charge is 0.352 e. The Kier molecular flexibility index (Phi) is 5.38. The van der Waals surface area contributed by atoms with Gasteiger partial charge in [0.25, 0.3) is 0 Å². The van der Waals surface area contributed by atoms with Gasteiger partial charge in [0.15, 0.2) is 5.82 Å². The van der Waals surface area contributed by atoms with E-state index in [1.165, 1.54) is 11.9 Å². The molecule has 0 aliphatic carbocycles. The molecule has 2 aromatic heterocycles. The minimum absolute atomic E-state index is 0.131. The zero-order valence-corrected chi connectivity index (χ0v) is 16.7. The van der Waals surface area contributed by atoms with E-state index in [2.05, 4.69) is 32.1 Å². The van der Waals surface area contributed by atoms with Crippen molar-refractivity contribution >= 4 is 50.8 Å². The quantitative estimate of drug-likeness (QED) is 0.370. The first-order valence-electron chi connectivity index (χ1n) is 8.35. The minimum atomic E-state index is -2.49. The van der Waals surface area contributed by atoms with E-state index in [0.29, 0.717) is 41.4 Å². The molecule has 1 aliphatic rings. The molecule has 27 heavy (non-hydrogen) atoms. The predicted molar refractivity (Wildman–Crippen MR) is 111 cm³/mol. The van der Waals surface area contributed by atoms with E-state index >= 15 is 0 Å². The lowest BCUT2D eigenvalue weighted by Crippen LogP contribution is -2.39. The average Bonchev–Trinajstić information content (AvgIpc) is 2.67. The fourth-order valence-corrected chi connectivity index (χ4v) is 5.17. The second kappa shape index (κ2) is 7.76. The SMILES string of the molecule is OS1(O)CCN(c2nc(Cl)nc3c(SCc4ccccc4)ncnc23)CC1. The molecule has 1 aliphatic heterocycles. The van der Waals surface area contributed by atoms with Crippen molar-refractivity contribution in [3.63, 3.8) is 0 Å². The summed E-state index contributed by atoms with van der Waals surface area (Å²) in [4.78, 5) is 19.5. The van der Waals surface area contributed by atoms with Crippen molar-refractivity contribution < 1.29 is 9.11 Å². The fraction of sp³-hybridized carbons (Fsp3) is 0.294. The fourth-order valence-electron chi connectivity index (χ4n) is 2.88. The highest BCUT2D eigenvalue weighted by Crippen LogP contribution is 2.42. The Morgan fingerprint density at radius 3 is 2.52 bits per heavy atom. The molecule has 0 spiro atoms. The van der Waals surface area contributed by atoms with E-state index in [1.54, 1.807) is 11.8 Å². The van der Waals surface area contributed by atoms with Crippen LogP contribution in [0, 0.1) is 0 Å². The van der Waals surface area contributed by atoms with Gasteiger partial charge in [-0.2, -0.15) is 15.6 Å². The van der Waals surface area contributed by atoms with E-state index in [4.69, 9.17) is 11.6 Å². The molecule has 0 unspecified atom stereocenters. The van der Waals surface area contributed by atoms with Crippen LogP contribution in [0.3, 0.4) is 0 Å². The highest BCUT2D eigenvalue weighted by molar-refractivity contribution is 8.24. The Bertz CT molecular complexity index is 951. The first kappa shape index (κ1) is 18.7. The number of nitrogens with zero attached hydrogens (tertiary/aromatic N) is 5. The van der Waals surface area contributed by atoms with E-state index < -0.39 is 10.6 Å². The Morgan fingerprint density at radius 1 is 1.04 bits per heavy atom. The van der Waals surface area contributed by atoms with Crippen LogP contribution in [0.15, 0.2) is 41.7 Å². The molecular formula is C17H18ClN5O2S2. The maximum atomic E-state index is 9.85. The second-order valence-corrected chi connectivity index (χ2v) is 9.89. The Balaban J connectivity index is 1.66. The molecule has 3 aromatic rings. The van der Waals surface area contributed by atoms with E-state index in [0.717, 1.165) is 10.8 Å². The van der Waals surface area contributed by atoms with Gasteiger partial charge in [0, 0.05) is 18.8 Å². The van der Waals surface area contributed by atoms with Gasteiger partial charge in [-0.05, 0) is 17.2 Å². The number of aromatic nitrogens is 4. The van der Waals surface area contributed by atoms with Crippen molar-refractivity contribution in [1.82, 2.24) is 19.9 Å². The third-order valence-electron chi connectivity index (χ3n) is 4.30. The maximum Gasteiger partial charge on any atom is 0.225 e. The van der Waals surface area contributed by atoms with Gasteiger partial charge >= 0.3 is 0 Å². The van der Waals surface area contributed by atoms with Crippen molar-refractivity contribution in [2.24, 2.45) is 0 Å². The molecule has 142 valence electrons. The molecule has 10 heteroatoms. The molecule has 1 aromatic carbocycles. The first-order chi connectivity index (χ1) is 13.0. The molecule has 0 saturated carbocycles. The standard InChI is InChI=1S/C17H18ClN5O2S2/c18-17-21-14-13(15(22-17)23-6-8-27(24,25)9-7-23)19-11-20-16(14)26-10-12-4-2-1-3-5-12/h1-5,11,24-25H,6-10H2. The molecule has 0 bridgehead atoms.